The van der Waals surface area contributed by atoms with Crippen molar-refractivity contribution in [2.45, 2.75) is 4.90 Å². The summed E-state index contributed by atoms with van der Waals surface area (Å²) in [7, 11) is 0.258. The molecule has 0 spiro atoms. The highest BCUT2D eigenvalue weighted by molar-refractivity contribution is 7.92. The lowest BCUT2D eigenvalue weighted by atomic mass is 10.2. The van der Waals surface area contributed by atoms with E-state index in [9.17, 15) is 13.2 Å². The van der Waals surface area contributed by atoms with E-state index in [0.717, 1.165) is 0 Å². The monoisotopic (exact) mass is 444 g/mol. The van der Waals surface area contributed by atoms with Gasteiger partial charge in [0.05, 0.1) is 31.8 Å². The van der Waals surface area contributed by atoms with Crippen LogP contribution in [0.2, 0.25) is 0 Å². The lowest BCUT2D eigenvalue weighted by molar-refractivity contribution is 0.102. The molecule has 0 atom stereocenters. The molecule has 2 aromatic carbocycles. The number of amides is 1. The van der Waals surface area contributed by atoms with Crippen LogP contribution in [0.3, 0.4) is 0 Å². The average Bonchev–Trinajstić information content (AvgIpc) is 2.78. The van der Waals surface area contributed by atoms with E-state index in [1.165, 1.54) is 51.7 Å². The number of para-hydroxylation sites is 1. The molecular weight excluding hydrogens is 424 g/mol. The summed E-state index contributed by atoms with van der Waals surface area (Å²) in [6, 6.07) is 13.7. The van der Waals surface area contributed by atoms with E-state index in [2.05, 4.69) is 20.0 Å². The maximum Gasteiger partial charge on any atom is 0.321 e. The Labute approximate surface area is 179 Å². The molecule has 3 aromatic rings. The molecule has 0 aliphatic rings. The quantitative estimate of drug-likeness (QED) is 0.542. The van der Waals surface area contributed by atoms with Crippen molar-refractivity contribution in [2.24, 2.45) is 0 Å². The predicted octanol–water partition coefficient (Wildman–Crippen LogP) is 2.56. The number of nitrogens with zero attached hydrogens (tertiary/aromatic N) is 2. The third-order valence-electron chi connectivity index (χ3n) is 4.09. The topological polar surface area (TPSA) is 129 Å². The molecule has 0 radical (unpaired) electrons. The highest BCUT2D eigenvalue weighted by atomic mass is 32.2. The number of hydrogen-bond acceptors (Lipinski definition) is 8. The fourth-order valence-corrected chi connectivity index (χ4v) is 3.59. The van der Waals surface area contributed by atoms with E-state index in [4.69, 9.17) is 14.2 Å². The van der Waals surface area contributed by atoms with Gasteiger partial charge in [-0.1, -0.05) is 12.1 Å². The van der Waals surface area contributed by atoms with Gasteiger partial charge in [-0.3, -0.25) is 9.52 Å². The van der Waals surface area contributed by atoms with Gasteiger partial charge < -0.3 is 19.5 Å². The van der Waals surface area contributed by atoms with Crippen molar-refractivity contribution in [3.05, 3.63) is 60.2 Å². The zero-order chi connectivity index (χ0) is 22.4. The second-order valence-electron chi connectivity index (χ2n) is 6.07. The molecule has 0 bridgehead atoms. The molecule has 0 unspecified atom stereocenters. The van der Waals surface area contributed by atoms with Crippen LogP contribution in [0, 0.1) is 0 Å². The second kappa shape index (κ2) is 9.30. The SMILES string of the molecule is COc1cc(NS(=O)(=O)c2ccc(NC(=O)c3ccccc3OC)cc2)nc(OC)n1. The first-order valence-electron chi connectivity index (χ1n) is 8.90. The van der Waals surface area contributed by atoms with Crippen LogP contribution < -0.4 is 24.2 Å². The minimum Gasteiger partial charge on any atom is -0.496 e. The standard InChI is InChI=1S/C20H20N4O6S/c1-28-16-7-5-4-6-15(16)19(25)21-13-8-10-14(11-9-13)31(26,27)24-17-12-18(29-2)23-20(22-17)30-3/h4-12H,1-3H3,(H,21,25)(H,22,23,24). The molecule has 0 saturated heterocycles. The smallest absolute Gasteiger partial charge is 0.321 e. The summed E-state index contributed by atoms with van der Waals surface area (Å²) in [5.41, 5.74) is 0.773. The molecule has 0 saturated carbocycles. The van der Waals surface area contributed by atoms with E-state index in [1.54, 1.807) is 24.3 Å². The summed E-state index contributed by atoms with van der Waals surface area (Å²) >= 11 is 0. The zero-order valence-electron chi connectivity index (χ0n) is 16.9. The van der Waals surface area contributed by atoms with Crippen LogP contribution in [0.5, 0.6) is 17.6 Å². The molecule has 1 aromatic heterocycles. The van der Waals surface area contributed by atoms with E-state index >= 15 is 0 Å². The van der Waals surface area contributed by atoms with Crippen molar-refractivity contribution in [3.8, 4) is 17.6 Å². The van der Waals surface area contributed by atoms with Gasteiger partial charge in [-0.15, -0.1) is 0 Å². The Hall–Kier alpha value is -3.86. The number of carbonyl (C=O) groups is 1. The number of rotatable bonds is 8. The van der Waals surface area contributed by atoms with Crippen molar-refractivity contribution in [2.75, 3.05) is 31.4 Å². The van der Waals surface area contributed by atoms with E-state index in [-0.39, 0.29) is 28.5 Å². The van der Waals surface area contributed by atoms with Crippen LogP contribution >= 0.6 is 0 Å². The number of ether oxygens (including phenoxy) is 3. The number of methoxy groups -OCH3 is 3. The molecule has 0 aliphatic carbocycles. The minimum absolute atomic E-state index is 0.0164. The average molecular weight is 444 g/mol. The van der Waals surface area contributed by atoms with E-state index in [1.807, 2.05) is 0 Å². The maximum absolute atomic E-state index is 12.7. The Balaban J connectivity index is 1.77. The Morgan fingerprint density at radius 2 is 1.61 bits per heavy atom. The first-order valence-corrected chi connectivity index (χ1v) is 10.4. The predicted molar refractivity (Wildman–Crippen MR) is 113 cm³/mol. The van der Waals surface area contributed by atoms with E-state index < -0.39 is 10.0 Å². The fourth-order valence-electron chi connectivity index (χ4n) is 2.60. The number of benzene rings is 2. The first-order chi connectivity index (χ1) is 14.9. The number of hydrogen-bond donors (Lipinski definition) is 2. The molecule has 10 nitrogen and oxygen atoms in total. The third-order valence-corrected chi connectivity index (χ3v) is 5.46. The molecule has 11 heteroatoms. The normalized spacial score (nSPS) is 10.8. The minimum atomic E-state index is -3.96. The van der Waals surface area contributed by atoms with Crippen molar-refractivity contribution in [1.29, 1.82) is 0 Å². The van der Waals surface area contributed by atoms with Crippen LogP contribution in [0.15, 0.2) is 59.5 Å². The summed E-state index contributed by atoms with van der Waals surface area (Å²) < 4.78 is 42.8. The van der Waals surface area contributed by atoms with Gasteiger partial charge in [0.1, 0.15) is 5.75 Å². The van der Waals surface area contributed by atoms with Crippen LogP contribution in [-0.2, 0) is 10.0 Å². The van der Waals surface area contributed by atoms with Crippen molar-refractivity contribution >= 4 is 27.4 Å². The number of aromatic nitrogens is 2. The van der Waals surface area contributed by atoms with Gasteiger partial charge in [0.25, 0.3) is 15.9 Å². The Kier molecular flexibility index (Phi) is 6.55. The van der Waals surface area contributed by atoms with Crippen LogP contribution in [0.4, 0.5) is 11.5 Å². The Morgan fingerprint density at radius 1 is 0.903 bits per heavy atom. The number of nitrogens with one attached hydrogen (secondary N) is 2. The lowest BCUT2D eigenvalue weighted by Crippen LogP contribution is -2.15. The highest BCUT2D eigenvalue weighted by Crippen LogP contribution is 2.23. The third kappa shape index (κ3) is 5.20. The maximum atomic E-state index is 12.7. The number of carbonyl (C=O) groups excluding carboxylic acids is 1. The molecule has 1 heterocycles. The molecule has 0 aliphatic heterocycles. The summed E-state index contributed by atoms with van der Waals surface area (Å²) in [4.78, 5) is 20.3. The van der Waals surface area contributed by atoms with Gasteiger partial charge in [0.15, 0.2) is 5.82 Å². The van der Waals surface area contributed by atoms with Crippen LogP contribution in [-0.4, -0.2) is 45.6 Å². The van der Waals surface area contributed by atoms with Gasteiger partial charge >= 0.3 is 6.01 Å². The van der Waals surface area contributed by atoms with Gasteiger partial charge in [0, 0.05) is 11.8 Å². The van der Waals surface area contributed by atoms with Gasteiger partial charge in [-0.05, 0) is 36.4 Å². The summed E-state index contributed by atoms with van der Waals surface area (Å²) in [5, 5.41) is 2.70. The molecule has 31 heavy (non-hydrogen) atoms. The fraction of sp³-hybridized carbons (Fsp3) is 0.150. The number of sulfonamides is 1. The van der Waals surface area contributed by atoms with Gasteiger partial charge in [0.2, 0.25) is 5.88 Å². The van der Waals surface area contributed by atoms with E-state index in [0.29, 0.717) is 17.0 Å². The van der Waals surface area contributed by atoms with Crippen molar-refractivity contribution in [3.63, 3.8) is 0 Å². The molecule has 0 fully saturated rings. The Bertz CT molecular complexity index is 1160. The zero-order valence-corrected chi connectivity index (χ0v) is 17.8. The van der Waals surface area contributed by atoms with Crippen LogP contribution in [0.1, 0.15) is 10.4 Å². The summed E-state index contributed by atoms with van der Waals surface area (Å²) in [6.45, 7) is 0. The molecule has 1 amide bonds. The Morgan fingerprint density at radius 3 is 2.26 bits per heavy atom. The second-order valence-corrected chi connectivity index (χ2v) is 7.75. The summed E-state index contributed by atoms with van der Waals surface area (Å²) in [6.07, 6.45) is 0. The number of anilines is 2. The van der Waals surface area contributed by atoms with Gasteiger partial charge in [-0.2, -0.15) is 9.97 Å². The van der Waals surface area contributed by atoms with Crippen LogP contribution in [0.25, 0.3) is 0 Å². The highest BCUT2D eigenvalue weighted by Gasteiger charge is 2.18. The lowest BCUT2D eigenvalue weighted by Gasteiger charge is -2.11. The largest absolute Gasteiger partial charge is 0.496 e. The molecule has 162 valence electrons. The summed E-state index contributed by atoms with van der Waals surface area (Å²) in [5.74, 6) is 0.168. The molecular formula is C20H20N4O6S. The van der Waals surface area contributed by atoms with Gasteiger partial charge in [-0.25, -0.2) is 8.42 Å². The molecule has 2 N–H and O–H groups in total. The van der Waals surface area contributed by atoms with Crippen molar-refractivity contribution in [1.82, 2.24) is 9.97 Å². The van der Waals surface area contributed by atoms with Crippen molar-refractivity contribution < 1.29 is 27.4 Å². The molecule has 3 rings (SSSR count). The first kappa shape index (κ1) is 21.8.